The van der Waals surface area contributed by atoms with Crippen molar-refractivity contribution in [3.63, 3.8) is 0 Å². The monoisotopic (exact) mass is 247 g/mol. The highest BCUT2D eigenvalue weighted by atomic mass is 35.5. The van der Waals surface area contributed by atoms with Crippen LogP contribution in [0, 0.1) is 0 Å². The van der Waals surface area contributed by atoms with E-state index in [1.807, 2.05) is 42.5 Å². The Morgan fingerprint density at radius 2 is 1.41 bits per heavy atom. The first kappa shape index (κ1) is 12.1. The van der Waals surface area contributed by atoms with E-state index in [2.05, 4.69) is 0 Å². The summed E-state index contributed by atoms with van der Waals surface area (Å²) in [6, 6.07) is 17.1. The van der Waals surface area contributed by atoms with Crippen LogP contribution < -0.4 is 5.73 Å². The molecule has 3 heteroatoms. The fourth-order valence-electron chi connectivity index (χ4n) is 1.92. The van der Waals surface area contributed by atoms with E-state index in [1.165, 1.54) is 0 Å². The molecule has 2 aromatic carbocycles. The van der Waals surface area contributed by atoms with Gasteiger partial charge in [-0.25, -0.2) is 0 Å². The van der Waals surface area contributed by atoms with Gasteiger partial charge in [0.05, 0.1) is 0 Å². The molecule has 0 spiro atoms. The summed E-state index contributed by atoms with van der Waals surface area (Å²) >= 11 is 5.85. The molecule has 0 radical (unpaired) electrons. The average Bonchev–Trinajstić information content (AvgIpc) is 2.33. The van der Waals surface area contributed by atoms with Gasteiger partial charge < -0.3 is 10.8 Å². The number of rotatable bonds is 3. The molecular weight excluding hydrogens is 234 g/mol. The quantitative estimate of drug-likeness (QED) is 0.820. The number of aliphatic hydroxyl groups excluding tert-OH is 1. The summed E-state index contributed by atoms with van der Waals surface area (Å²) in [5.74, 6) is -0.228. The van der Waals surface area contributed by atoms with Crippen molar-refractivity contribution in [1.29, 1.82) is 0 Å². The number of hydrogen-bond donors (Lipinski definition) is 2. The van der Waals surface area contributed by atoms with Crippen LogP contribution in [0.4, 0.5) is 0 Å². The molecule has 88 valence electrons. The Balaban J connectivity index is 2.39. The SMILES string of the molecule is NC(O)C(c1ccccc1)c1ccc(Cl)cc1. The molecule has 0 bridgehead atoms. The number of halogens is 1. The molecule has 0 heterocycles. The van der Waals surface area contributed by atoms with Gasteiger partial charge in [-0.1, -0.05) is 54.1 Å². The summed E-state index contributed by atoms with van der Waals surface area (Å²) in [6.45, 7) is 0. The lowest BCUT2D eigenvalue weighted by Gasteiger charge is -2.20. The highest BCUT2D eigenvalue weighted by Crippen LogP contribution is 2.27. The molecule has 2 atom stereocenters. The van der Waals surface area contributed by atoms with Gasteiger partial charge in [-0.15, -0.1) is 0 Å². The van der Waals surface area contributed by atoms with Crippen LogP contribution in [0.2, 0.25) is 5.02 Å². The third-order valence-electron chi connectivity index (χ3n) is 2.73. The van der Waals surface area contributed by atoms with E-state index in [0.29, 0.717) is 5.02 Å². The lowest BCUT2D eigenvalue weighted by molar-refractivity contribution is 0.164. The van der Waals surface area contributed by atoms with Gasteiger partial charge in [-0.2, -0.15) is 0 Å². The average molecular weight is 248 g/mol. The summed E-state index contributed by atoms with van der Waals surface area (Å²) in [6.07, 6.45) is -0.932. The second-order valence-corrected chi connectivity index (χ2v) is 4.37. The third kappa shape index (κ3) is 2.86. The van der Waals surface area contributed by atoms with Gasteiger partial charge in [0.2, 0.25) is 0 Å². The maximum Gasteiger partial charge on any atom is 0.113 e. The van der Waals surface area contributed by atoms with E-state index in [1.54, 1.807) is 12.1 Å². The molecule has 0 saturated carbocycles. The molecule has 2 unspecified atom stereocenters. The molecule has 0 amide bonds. The zero-order valence-corrected chi connectivity index (χ0v) is 10.0. The third-order valence-corrected chi connectivity index (χ3v) is 2.98. The van der Waals surface area contributed by atoms with Crippen molar-refractivity contribution in [2.24, 2.45) is 5.73 Å². The zero-order valence-electron chi connectivity index (χ0n) is 9.25. The van der Waals surface area contributed by atoms with Crippen molar-refractivity contribution in [1.82, 2.24) is 0 Å². The van der Waals surface area contributed by atoms with Crippen LogP contribution in [0.15, 0.2) is 54.6 Å². The molecule has 17 heavy (non-hydrogen) atoms. The number of hydrogen-bond acceptors (Lipinski definition) is 2. The van der Waals surface area contributed by atoms with Gasteiger partial charge >= 0.3 is 0 Å². The normalized spacial score (nSPS) is 14.3. The summed E-state index contributed by atoms with van der Waals surface area (Å²) in [4.78, 5) is 0. The predicted molar refractivity (Wildman–Crippen MR) is 69.9 cm³/mol. The van der Waals surface area contributed by atoms with Gasteiger partial charge in [-0.3, -0.25) is 0 Å². The molecule has 0 aromatic heterocycles. The van der Waals surface area contributed by atoms with Crippen LogP contribution >= 0.6 is 11.6 Å². The molecule has 3 N–H and O–H groups in total. The maximum atomic E-state index is 9.73. The highest BCUT2D eigenvalue weighted by Gasteiger charge is 2.19. The van der Waals surface area contributed by atoms with E-state index < -0.39 is 6.23 Å². The summed E-state index contributed by atoms with van der Waals surface area (Å²) in [7, 11) is 0. The van der Waals surface area contributed by atoms with Gasteiger partial charge in [-0.05, 0) is 23.3 Å². The van der Waals surface area contributed by atoms with E-state index in [0.717, 1.165) is 11.1 Å². The van der Waals surface area contributed by atoms with Crippen LogP contribution in [-0.2, 0) is 0 Å². The second kappa shape index (κ2) is 5.32. The Hall–Kier alpha value is -1.35. The van der Waals surface area contributed by atoms with Crippen molar-refractivity contribution in [2.45, 2.75) is 12.1 Å². The molecule has 0 saturated heterocycles. The minimum absolute atomic E-state index is 0.228. The summed E-state index contributed by atoms with van der Waals surface area (Å²) in [5.41, 5.74) is 7.61. The zero-order chi connectivity index (χ0) is 12.3. The minimum Gasteiger partial charge on any atom is -0.378 e. The summed E-state index contributed by atoms with van der Waals surface area (Å²) < 4.78 is 0. The largest absolute Gasteiger partial charge is 0.378 e. The lowest BCUT2D eigenvalue weighted by Crippen LogP contribution is -2.28. The van der Waals surface area contributed by atoms with Crippen LogP contribution in [0.5, 0.6) is 0 Å². The Morgan fingerprint density at radius 1 is 0.882 bits per heavy atom. The van der Waals surface area contributed by atoms with E-state index in [4.69, 9.17) is 17.3 Å². The molecule has 2 rings (SSSR count). The smallest absolute Gasteiger partial charge is 0.113 e. The Bertz CT molecular complexity index is 467. The molecule has 0 aliphatic rings. The molecule has 0 aliphatic heterocycles. The Kier molecular flexibility index (Phi) is 3.79. The van der Waals surface area contributed by atoms with Crippen molar-refractivity contribution >= 4 is 11.6 Å². The van der Waals surface area contributed by atoms with Gasteiger partial charge in [0, 0.05) is 10.9 Å². The first-order valence-electron chi connectivity index (χ1n) is 5.42. The fourth-order valence-corrected chi connectivity index (χ4v) is 2.04. The predicted octanol–water partition coefficient (Wildman–Crippen LogP) is 2.75. The van der Waals surface area contributed by atoms with Crippen LogP contribution in [-0.4, -0.2) is 11.3 Å². The van der Waals surface area contributed by atoms with Crippen LogP contribution in [0.3, 0.4) is 0 Å². The second-order valence-electron chi connectivity index (χ2n) is 3.93. The molecular formula is C14H14ClNO. The van der Waals surface area contributed by atoms with Crippen LogP contribution in [0.25, 0.3) is 0 Å². The highest BCUT2D eigenvalue weighted by molar-refractivity contribution is 6.30. The van der Waals surface area contributed by atoms with Crippen molar-refractivity contribution in [3.05, 3.63) is 70.7 Å². The van der Waals surface area contributed by atoms with Gasteiger partial charge in [0.15, 0.2) is 0 Å². The van der Waals surface area contributed by atoms with Crippen molar-refractivity contribution in [2.75, 3.05) is 0 Å². The van der Waals surface area contributed by atoms with Crippen molar-refractivity contribution in [3.8, 4) is 0 Å². The molecule has 0 fully saturated rings. The van der Waals surface area contributed by atoms with Crippen LogP contribution in [0.1, 0.15) is 17.0 Å². The minimum atomic E-state index is -0.932. The first-order valence-corrected chi connectivity index (χ1v) is 5.80. The number of nitrogens with two attached hydrogens (primary N) is 1. The lowest BCUT2D eigenvalue weighted by atomic mass is 9.90. The number of benzene rings is 2. The van der Waals surface area contributed by atoms with Gasteiger partial charge in [0.25, 0.3) is 0 Å². The first-order chi connectivity index (χ1) is 8.18. The van der Waals surface area contributed by atoms with Crippen molar-refractivity contribution < 1.29 is 5.11 Å². The fraction of sp³-hybridized carbons (Fsp3) is 0.143. The molecule has 2 aromatic rings. The molecule has 2 nitrogen and oxygen atoms in total. The number of aliphatic hydroxyl groups is 1. The topological polar surface area (TPSA) is 46.2 Å². The van der Waals surface area contributed by atoms with E-state index in [9.17, 15) is 5.11 Å². The summed E-state index contributed by atoms with van der Waals surface area (Å²) in [5, 5.41) is 10.4. The van der Waals surface area contributed by atoms with E-state index in [-0.39, 0.29) is 5.92 Å². The van der Waals surface area contributed by atoms with E-state index >= 15 is 0 Å². The Morgan fingerprint density at radius 3 is 1.94 bits per heavy atom. The molecule has 0 aliphatic carbocycles. The maximum absolute atomic E-state index is 9.73. The standard InChI is InChI=1S/C14H14ClNO/c15-12-8-6-11(7-9-12)13(14(16)17)10-4-2-1-3-5-10/h1-9,13-14,17H,16H2. The van der Waals surface area contributed by atoms with Gasteiger partial charge in [0.1, 0.15) is 6.23 Å². The Labute approximate surface area is 106 Å².